The van der Waals surface area contributed by atoms with Crippen molar-refractivity contribution in [3.05, 3.63) is 24.2 Å². The molecule has 0 unspecified atom stereocenters. The van der Waals surface area contributed by atoms with E-state index in [1.54, 1.807) is 6.26 Å². The molecule has 0 radical (unpaired) electrons. The number of furan rings is 1. The highest BCUT2D eigenvalue weighted by atomic mass is 79.9. The van der Waals surface area contributed by atoms with E-state index in [1.807, 2.05) is 6.07 Å². The molecule has 0 bridgehead atoms. The SMILES string of the molecule is CCCC(CBr)(CCC)CN(Cc1ccco1)C1CC1. The summed E-state index contributed by atoms with van der Waals surface area (Å²) in [7, 11) is 0. The monoisotopic (exact) mass is 341 g/mol. The molecule has 0 aliphatic heterocycles. The Morgan fingerprint density at radius 2 is 2.00 bits per heavy atom. The smallest absolute Gasteiger partial charge is 0.117 e. The summed E-state index contributed by atoms with van der Waals surface area (Å²) in [5.74, 6) is 1.10. The lowest BCUT2D eigenvalue weighted by atomic mass is 9.80. The molecule has 0 spiro atoms. The second-order valence-corrected chi connectivity index (χ2v) is 6.91. The molecule has 0 saturated heterocycles. The van der Waals surface area contributed by atoms with Crippen molar-refractivity contribution >= 4 is 15.9 Å². The van der Waals surface area contributed by atoms with E-state index in [4.69, 9.17) is 4.42 Å². The minimum atomic E-state index is 0.429. The van der Waals surface area contributed by atoms with Crippen LogP contribution in [0.25, 0.3) is 0 Å². The molecule has 0 N–H and O–H groups in total. The molecule has 1 heterocycles. The fourth-order valence-electron chi connectivity index (χ4n) is 3.31. The van der Waals surface area contributed by atoms with E-state index < -0.39 is 0 Å². The van der Waals surface area contributed by atoms with Gasteiger partial charge in [-0.15, -0.1) is 0 Å². The fourth-order valence-corrected chi connectivity index (χ4v) is 4.05. The third kappa shape index (κ3) is 4.36. The molecule has 20 heavy (non-hydrogen) atoms. The topological polar surface area (TPSA) is 16.4 Å². The lowest BCUT2D eigenvalue weighted by Gasteiger charge is -2.37. The lowest BCUT2D eigenvalue weighted by Crippen LogP contribution is -2.40. The molecular weight excluding hydrogens is 314 g/mol. The Kier molecular flexibility index (Phi) is 6.16. The van der Waals surface area contributed by atoms with Gasteiger partial charge in [0.2, 0.25) is 0 Å². The van der Waals surface area contributed by atoms with Crippen LogP contribution in [-0.4, -0.2) is 22.8 Å². The van der Waals surface area contributed by atoms with Gasteiger partial charge in [0.15, 0.2) is 0 Å². The molecule has 0 aromatic carbocycles. The van der Waals surface area contributed by atoms with E-state index in [2.05, 4.69) is 40.7 Å². The zero-order valence-electron chi connectivity index (χ0n) is 12.9. The van der Waals surface area contributed by atoms with Gasteiger partial charge in [0.05, 0.1) is 12.8 Å². The molecule has 1 aromatic rings. The Balaban J connectivity index is 2.03. The fraction of sp³-hybridized carbons (Fsp3) is 0.765. The molecule has 3 heteroatoms. The molecular formula is C17H28BrNO. The first-order valence-electron chi connectivity index (χ1n) is 8.05. The number of hydrogen-bond donors (Lipinski definition) is 0. The van der Waals surface area contributed by atoms with Crippen molar-refractivity contribution in [2.24, 2.45) is 5.41 Å². The third-order valence-electron chi connectivity index (χ3n) is 4.38. The largest absolute Gasteiger partial charge is 0.468 e. The van der Waals surface area contributed by atoms with Crippen LogP contribution in [0.3, 0.4) is 0 Å². The van der Waals surface area contributed by atoms with Crippen LogP contribution in [0.1, 0.15) is 58.1 Å². The maximum absolute atomic E-state index is 5.56. The lowest BCUT2D eigenvalue weighted by molar-refractivity contribution is 0.127. The third-order valence-corrected chi connectivity index (χ3v) is 5.57. The molecule has 0 atom stereocenters. The predicted octanol–water partition coefficient (Wildman–Crippen LogP) is 5.23. The average molecular weight is 342 g/mol. The highest BCUT2D eigenvalue weighted by Gasteiger charge is 2.36. The van der Waals surface area contributed by atoms with Gasteiger partial charge < -0.3 is 4.42 Å². The van der Waals surface area contributed by atoms with E-state index >= 15 is 0 Å². The van der Waals surface area contributed by atoms with E-state index in [-0.39, 0.29) is 0 Å². The van der Waals surface area contributed by atoms with Crippen LogP contribution >= 0.6 is 15.9 Å². The Morgan fingerprint density at radius 3 is 2.45 bits per heavy atom. The maximum atomic E-state index is 5.56. The maximum Gasteiger partial charge on any atom is 0.117 e. The van der Waals surface area contributed by atoms with Crippen molar-refractivity contribution in [3.63, 3.8) is 0 Å². The summed E-state index contributed by atoms with van der Waals surface area (Å²) in [5, 5.41) is 1.11. The van der Waals surface area contributed by atoms with Crippen molar-refractivity contribution in [2.45, 2.75) is 65.0 Å². The van der Waals surface area contributed by atoms with E-state index in [9.17, 15) is 0 Å². The van der Waals surface area contributed by atoms with Crippen LogP contribution in [0.15, 0.2) is 22.8 Å². The van der Waals surface area contributed by atoms with Crippen LogP contribution in [0.4, 0.5) is 0 Å². The van der Waals surface area contributed by atoms with Crippen molar-refractivity contribution in [1.29, 1.82) is 0 Å². The molecule has 0 amide bonds. The van der Waals surface area contributed by atoms with Crippen LogP contribution in [0, 0.1) is 5.41 Å². The highest BCUT2D eigenvalue weighted by molar-refractivity contribution is 9.09. The van der Waals surface area contributed by atoms with Gasteiger partial charge in [-0.3, -0.25) is 4.90 Å². The van der Waals surface area contributed by atoms with Crippen LogP contribution < -0.4 is 0 Å². The minimum Gasteiger partial charge on any atom is -0.468 e. The summed E-state index contributed by atoms with van der Waals surface area (Å²) >= 11 is 3.80. The predicted molar refractivity (Wildman–Crippen MR) is 88.2 cm³/mol. The molecule has 2 nitrogen and oxygen atoms in total. The van der Waals surface area contributed by atoms with Crippen molar-refractivity contribution in [3.8, 4) is 0 Å². The Morgan fingerprint density at radius 1 is 1.30 bits per heavy atom. The number of halogens is 1. The molecule has 114 valence electrons. The number of alkyl halides is 1. The zero-order valence-corrected chi connectivity index (χ0v) is 14.5. The first kappa shape index (κ1) is 16.1. The molecule has 1 fully saturated rings. The summed E-state index contributed by atoms with van der Waals surface area (Å²) in [6, 6.07) is 4.88. The Hall–Kier alpha value is -0.280. The molecule has 1 saturated carbocycles. The van der Waals surface area contributed by atoms with Gasteiger partial charge in [0.1, 0.15) is 5.76 Å². The molecule has 1 aliphatic rings. The van der Waals surface area contributed by atoms with Gasteiger partial charge in [-0.25, -0.2) is 0 Å². The minimum absolute atomic E-state index is 0.429. The standard InChI is InChI=1S/C17H28BrNO/c1-3-9-17(13-18,10-4-2)14-19(15-7-8-15)12-16-6-5-11-20-16/h5-6,11,15H,3-4,7-10,12-14H2,1-2H3. The summed E-state index contributed by atoms with van der Waals surface area (Å²) < 4.78 is 5.56. The van der Waals surface area contributed by atoms with Crippen LogP contribution in [-0.2, 0) is 6.54 Å². The van der Waals surface area contributed by atoms with Crippen molar-refractivity contribution < 1.29 is 4.42 Å². The number of hydrogen-bond acceptors (Lipinski definition) is 2. The van der Waals surface area contributed by atoms with Gasteiger partial charge in [0, 0.05) is 17.9 Å². The number of rotatable bonds is 10. The summed E-state index contributed by atoms with van der Waals surface area (Å²) in [6.07, 6.45) is 9.67. The van der Waals surface area contributed by atoms with Gasteiger partial charge in [0.25, 0.3) is 0 Å². The van der Waals surface area contributed by atoms with Crippen LogP contribution in [0.5, 0.6) is 0 Å². The second-order valence-electron chi connectivity index (χ2n) is 6.35. The van der Waals surface area contributed by atoms with E-state index in [1.165, 1.54) is 45.1 Å². The van der Waals surface area contributed by atoms with Gasteiger partial charge in [-0.2, -0.15) is 0 Å². The second kappa shape index (κ2) is 7.65. The molecule has 1 aliphatic carbocycles. The Bertz CT molecular complexity index is 366. The summed E-state index contributed by atoms with van der Waals surface area (Å²) in [4.78, 5) is 2.66. The Labute approximate surface area is 132 Å². The number of nitrogens with zero attached hydrogens (tertiary/aromatic N) is 1. The first-order chi connectivity index (χ1) is 9.73. The molecule has 1 aromatic heterocycles. The van der Waals surface area contributed by atoms with E-state index in [0.29, 0.717) is 5.41 Å². The summed E-state index contributed by atoms with van der Waals surface area (Å²) in [6.45, 7) is 6.78. The first-order valence-corrected chi connectivity index (χ1v) is 9.17. The van der Waals surface area contributed by atoms with Crippen LogP contribution in [0.2, 0.25) is 0 Å². The van der Waals surface area contributed by atoms with Gasteiger partial charge in [-0.1, -0.05) is 42.6 Å². The van der Waals surface area contributed by atoms with Gasteiger partial charge >= 0.3 is 0 Å². The quantitative estimate of drug-likeness (QED) is 0.542. The van der Waals surface area contributed by atoms with Gasteiger partial charge in [-0.05, 0) is 43.2 Å². The zero-order chi connectivity index (χ0) is 14.4. The van der Waals surface area contributed by atoms with Crippen molar-refractivity contribution in [2.75, 3.05) is 11.9 Å². The highest BCUT2D eigenvalue weighted by Crippen LogP contribution is 2.37. The normalized spacial score (nSPS) is 16.0. The summed E-state index contributed by atoms with van der Waals surface area (Å²) in [5.41, 5.74) is 0.429. The molecule has 2 rings (SSSR count). The van der Waals surface area contributed by atoms with E-state index in [0.717, 1.165) is 23.7 Å². The average Bonchev–Trinajstić information content (AvgIpc) is 3.17. The van der Waals surface area contributed by atoms with Crippen molar-refractivity contribution in [1.82, 2.24) is 4.90 Å².